The van der Waals surface area contributed by atoms with Crippen LogP contribution in [-0.4, -0.2) is 9.38 Å². The quantitative estimate of drug-likeness (QED) is 0.467. The largest absolute Gasteiger partial charge is 0.304 e. The molecule has 0 unspecified atom stereocenters. The number of fused-ring (bicyclic) bond motifs is 5. The van der Waals surface area contributed by atoms with Crippen molar-refractivity contribution in [1.29, 1.82) is 0 Å². The summed E-state index contributed by atoms with van der Waals surface area (Å²) >= 11 is 0. The van der Waals surface area contributed by atoms with Crippen LogP contribution in [0.15, 0.2) is 53.5 Å². The van der Waals surface area contributed by atoms with Gasteiger partial charge >= 0.3 is 0 Å². The average Bonchev–Trinajstić information content (AvgIpc) is 2.67. The third-order valence-electron chi connectivity index (χ3n) is 4.46. The number of aromatic nitrogens is 2. The van der Waals surface area contributed by atoms with E-state index in [0.717, 1.165) is 46.9 Å². The molecule has 3 heteroatoms. The summed E-state index contributed by atoms with van der Waals surface area (Å²) in [7, 11) is 0. The molecule has 0 saturated heterocycles. The highest BCUT2D eigenvalue weighted by Gasteiger charge is 2.14. The lowest BCUT2D eigenvalue weighted by Crippen LogP contribution is -2.20. The molecular weight excluding hydrogens is 272 g/mol. The molecule has 1 aliphatic rings. The predicted molar refractivity (Wildman–Crippen MR) is 89.4 cm³/mol. The van der Waals surface area contributed by atoms with Crippen LogP contribution in [0.5, 0.6) is 0 Å². The van der Waals surface area contributed by atoms with Crippen LogP contribution in [0, 0.1) is 0 Å². The molecule has 22 heavy (non-hydrogen) atoms. The number of rotatable bonds is 0. The summed E-state index contributed by atoms with van der Waals surface area (Å²) in [6, 6.07) is 10.2. The Morgan fingerprint density at radius 3 is 2.91 bits per heavy atom. The van der Waals surface area contributed by atoms with Gasteiger partial charge in [0.15, 0.2) is 0 Å². The third kappa shape index (κ3) is 2.13. The molecule has 0 bridgehead atoms. The molecule has 1 aliphatic carbocycles. The van der Waals surface area contributed by atoms with Gasteiger partial charge in [0.1, 0.15) is 5.65 Å². The van der Waals surface area contributed by atoms with Crippen LogP contribution in [0.2, 0.25) is 0 Å². The maximum absolute atomic E-state index is 12.5. The minimum absolute atomic E-state index is 0.0714. The highest BCUT2D eigenvalue weighted by molar-refractivity contribution is 5.93. The Hall–Kier alpha value is -2.42. The van der Waals surface area contributed by atoms with E-state index in [1.54, 1.807) is 0 Å². The van der Waals surface area contributed by atoms with Gasteiger partial charge in [0.2, 0.25) is 0 Å². The van der Waals surface area contributed by atoms with Gasteiger partial charge in [-0.3, -0.25) is 4.79 Å². The Bertz CT molecular complexity index is 937. The zero-order chi connectivity index (χ0) is 14.9. The van der Waals surface area contributed by atoms with Crippen LogP contribution < -0.4 is 5.56 Å². The van der Waals surface area contributed by atoms with E-state index in [4.69, 9.17) is 0 Å². The van der Waals surface area contributed by atoms with Crippen LogP contribution in [0.4, 0.5) is 0 Å². The fraction of sp³-hybridized carbons (Fsp3) is 0.263. The SMILES string of the molecule is O=c1nc2c3ccccc3ccn2c2c1C/C=C\CCCC2. The van der Waals surface area contributed by atoms with Gasteiger partial charge in [-0.15, -0.1) is 0 Å². The fourth-order valence-corrected chi connectivity index (χ4v) is 3.32. The summed E-state index contributed by atoms with van der Waals surface area (Å²) in [6.07, 6.45) is 11.4. The molecule has 3 nitrogen and oxygen atoms in total. The van der Waals surface area contributed by atoms with Gasteiger partial charge in [0.25, 0.3) is 5.56 Å². The fourth-order valence-electron chi connectivity index (χ4n) is 3.32. The number of allylic oxidation sites excluding steroid dienone is 2. The monoisotopic (exact) mass is 290 g/mol. The molecule has 0 spiro atoms. The minimum Gasteiger partial charge on any atom is -0.304 e. The molecule has 0 radical (unpaired) electrons. The van der Waals surface area contributed by atoms with Crippen molar-refractivity contribution < 1.29 is 0 Å². The van der Waals surface area contributed by atoms with Gasteiger partial charge in [0.05, 0.1) is 0 Å². The summed E-state index contributed by atoms with van der Waals surface area (Å²) in [6.45, 7) is 0. The second-order valence-corrected chi connectivity index (χ2v) is 5.86. The van der Waals surface area contributed by atoms with Crippen molar-refractivity contribution in [3.8, 4) is 0 Å². The molecule has 2 aromatic heterocycles. The number of pyridine rings is 1. The first-order chi connectivity index (χ1) is 10.8. The first kappa shape index (κ1) is 13.3. The van der Waals surface area contributed by atoms with Crippen molar-refractivity contribution in [1.82, 2.24) is 9.38 Å². The molecule has 0 saturated carbocycles. The van der Waals surface area contributed by atoms with E-state index in [9.17, 15) is 4.79 Å². The topological polar surface area (TPSA) is 34.4 Å². The van der Waals surface area contributed by atoms with Gasteiger partial charge < -0.3 is 4.40 Å². The lowest BCUT2D eigenvalue weighted by Gasteiger charge is -2.13. The highest BCUT2D eigenvalue weighted by atomic mass is 16.1. The first-order valence-electron chi connectivity index (χ1n) is 7.91. The Kier molecular flexibility index (Phi) is 3.26. The van der Waals surface area contributed by atoms with Crippen molar-refractivity contribution in [2.45, 2.75) is 32.1 Å². The molecule has 110 valence electrons. The second kappa shape index (κ2) is 5.41. The smallest absolute Gasteiger partial charge is 0.277 e. The molecular formula is C19H18N2O. The van der Waals surface area contributed by atoms with E-state index >= 15 is 0 Å². The maximum atomic E-state index is 12.5. The van der Waals surface area contributed by atoms with Crippen molar-refractivity contribution in [2.24, 2.45) is 0 Å². The number of benzene rings is 1. The van der Waals surface area contributed by atoms with Crippen molar-refractivity contribution in [3.63, 3.8) is 0 Å². The molecule has 0 N–H and O–H groups in total. The van der Waals surface area contributed by atoms with Crippen LogP contribution in [0.3, 0.4) is 0 Å². The van der Waals surface area contributed by atoms with Crippen molar-refractivity contribution in [3.05, 3.63) is 70.3 Å². The van der Waals surface area contributed by atoms with Gasteiger partial charge in [-0.2, -0.15) is 4.98 Å². The molecule has 0 atom stereocenters. The lowest BCUT2D eigenvalue weighted by molar-refractivity contribution is 0.722. The van der Waals surface area contributed by atoms with Gasteiger partial charge in [-0.1, -0.05) is 36.4 Å². The number of hydrogen-bond acceptors (Lipinski definition) is 2. The van der Waals surface area contributed by atoms with E-state index in [-0.39, 0.29) is 5.56 Å². The number of hydrogen-bond donors (Lipinski definition) is 0. The maximum Gasteiger partial charge on any atom is 0.277 e. The van der Waals surface area contributed by atoms with E-state index in [2.05, 4.69) is 39.9 Å². The van der Waals surface area contributed by atoms with Crippen LogP contribution >= 0.6 is 0 Å². The summed E-state index contributed by atoms with van der Waals surface area (Å²) in [5.74, 6) is 0. The Morgan fingerprint density at radius 2 is 1.95 bits per heavy atom. The second-order valence-electron chi connectivity index (χ2n) is 5.86. The zero-order valence-corrected chi connectivity index (χ0v) is 12.5. The van der Waals surface area contributed by atoms with Crippen molar-refractivity contribution >= 4 is 16.4 Å². The molecule has 4 rings (SSSR count). The minimum atomic E-state index is -0.0714. The van der Waals surface area contributed by atoms with Crippen LogP contribution in [-0.2, 0) is 12.8 Å². The van der Waals surface area contributed by atoms with Crippen LogP contribution in [0.1, 0.15) is 30.5 Å². The van der Waals surface area contributed by atoms with Crippen LogP contribution in [0.25, 0.3) is 16.4 Å². The van der Waals surface area contributed by atoms with E-state index < -0.39 is 0 Å². The standard InChI is InChI=1S/C19H18N2O/c22-19-16-10-4-2-1-3-5-11-17(16)21-13-12-14-8-6-7-9-15(14)18(21)20-19/h2,4,6-9,12-13H,1,3,5,10-11H2/b4-2-. The predicted octanol–water partition coefficient (Wildman–Crippen LogP) is 3.67. The Labute approximate surface area is 128 Å². The first-order valence-corrected chi connectivity index (χ1v) is 7.91. The van der Waals surface area contributed by atoms with E-state index in [1.807, 2.05) is 18.2 Å². The van der Waals surface area contributed by atoms with Gasteiger partial charge in [-0.05, 0) is 43.6 Å². The number of nitrogens with zero attached hydrogens (tertiary/aromatic N) is 2. The Balaban J connectivity index is 2.08. The highest BCUT2D eigenvalue weighted by Crippen LogP contribution is 2.21. The molecule has 0 aliphatic heterocycles. The van der Waals surface area contributed by atoms with Crippen molar-refractivity contribution in [2.75, 3.05) is 0 Å². The zero-order valence-electron chi connectivity index (χ0n) is 12.5. The van der Waals surface area contributed by atoms with E-state index in [0.29, 0.717) is 6.42 Å². The number of aryl methyl sites for hydroxylation is 1. The molecule has 2 heterocycles. The summed E-state index contributed by atoms with van der Waals surface area (Å²) in [4.78, 5) is 16.9. The Morgan fingerprint density at radius 1 is 1.05 bits per heavy atom. The summed E-state index contributed by atoms with van der Waals surface area (Å²) in [5.41, 5.74) is 2.70. The lowest BCUT2D eigenvalue weighted by atomic mass is 10.1. The molecule has 3 aromatic rings. The van der Waals surface area contributed by atoms with Gasteiger partial charge in [-0.25, -0.2) is 0 Å². The summed E-state index contributed by atoms with van der Waals surface area (Å²) < 4.78 is 2.12. The van der Waals surface area contributed by atoms with Gasteiger partial charge in [0, 0.05) is 22.8 Å². The normalized spacial score (nSPS) is 16.7. The molecule has 0 amide bonds. The summed E-state index contributed by atoms with van der Waals surface area (Å²) in [5, 5.41) is 2.16. The average molecular weight is 290 g/mol. The third-order valence-corrected chi connectivity index (χ3v) is 4.46. The molecule has 1 aromatic carbocycles. The molecule has 0 fully saturated rings. The van der Waals surface area contributed by atoms with E-state index in [1.165, 1.54) is 6.42 Å².